The zero-order valence-electron chi connectivity index (χ0n) is 5.39. The van der Waals surface area contributed by atoms with Crippen molar-refractivity contribution < 1.29 is 14.6 Å². The summed E-state index contributed by atoms with van der Waals surface area (Å²) in [5.41, 5.74) is 0.306. The maximum Gasteiger partial charge on any atom is 0.333 e. The van der Waals surface area contributed by atoms with Crippen LogP contribution in [0.3, 0.4) is 0 Å². The maximum atomic E-state index is 10.5. The molecular formula is C11H30O3. The number of carbonyl (C=O) groups is 1. The van der Waals surface area contributed by atoms with Gasteiger partial charge < -0.3 is 9.84 Å². The van der Waals surface area contributed by atoms with Crippen molar-refractivity contribution in [2.75, 3.05) is 13.7 Å². The summed E-state index contributed by atoms with van der Waals surface area (Å²) in [6.45, 7) is 3.32. The smallest absolute Gasteiger partial charge is 0.333 e. The summed E-state index contributed by atoms with van der Waals surface area (Å²) in [4.78, 5) is 10.5. The van der Waals surface area contributed by atoms with Gasteiger partial charge in [0.1, 0.15) is 0 Å². The number of ether oxygens (including phenoxy) is 1. The van der Waals surface area contributed by atoms with Crippen LogP contribution in [-0.2, 0) is 9.53 Å². The number of rotatable bonds is 3. The fraction of sp³-hybridized carbons (Fsp3) is 0.727. The van der Waals surface area contributed by atoms with Gasteiger partial charge in [0.2, 0.25) is 0 Å². The number of hydrogen-bond donors (Lipinski definition) is 1. The van der Waals surface area contributed by atoms with Gasteiger partial charge >= 0.3 is 5.97 Å². The average molecular weight is 210 g/mol. The molecule has 0 radical (unpaired) electrons. The number of hydrogen-bond acceptors (Lipinski definition) is 3. The van der Waals surface area contributed by atoms with Crippen molar-refractivity contribution in [2.24, 2.45) is 0 Å². The van der Waals surface area contributed by atoms with Gasteiger partial charge in [0.05, 0.1) is 7.11 Å². The standard InChI is InChI=1S/C6H10O3.5CH4/c1-5(3-4-7)6(8)9-2;;;;;/h7H,1,3-4H2,2H3;5*1H4. The Bertz CT molecular complexity index is 120. The highest BCUT2D eigenvalue weighted by Gasteiger charge is 2.03. The second kappa shape index (κ2) is 22.7. The predicted molar refractivity (Wildman–Crippen MR) is 66.5 cm³/mol. The van der Waals surface area contributed by atoms with Crippen LogP contribution in [0.15, 0.2) is 12.2 Å². The topological polar surface area (TPSA) is 46.5 Å². The lowest BCUT2D eigenvalue weighted by molar-refractivity contribution is -0.136. The molecule has 14 heavy (non-hydrogen) atoms. The largest absolute Gasteiger partial charge is 0.466 e. The quantitative estimate of drug-likeness (QED) is 0.574. The van der Waals surface area contributed by atoms with Gasteiger partial charge in [-0.05, 0) is 0 Å². The van der Waals surface area contributed by atoms with Crippen molar-refractivity contribution in [2.45, 2.75) is 43.6 Å². The minimum Gasteiger partial charge on any atom is -0.466 e. The Morgan fingerprint density at radius 2 is 1.57 bits per heavy atom. The van der Waals surface area contributed by atoms with Crippen LogP contribution >= 0.6 is 0 Å². The van der Waals surface area contributed by atoms with E-state index in [0.717, 1.165) is 0 Å². The predicted octanol–water partition coefficient (Wildman–Crippen LogP) is 3.28. The van der Waals surface area contributed by atoms with E-state index in [9.17, 15) is 4.79 Å². The van der Waals surface area contributed by atoms with Gasteiger partial charge in [0, 0.05) is 18.6 Å². The van der Waals surface area contributed by atoms with Gasteiger partial charge in [0.15, 0.2) is 0 Å². The highest BCUT2D eigenvalue weighted by Crippen LogP contribution is 1.97. The zero-order valence-corrected chi connectivity index (χ0v) is 5.39. The molecule has 0 atom stereocenters. The molecule has 0 unspecified atom stereocenters. The van der Waals surface area contributed by atoms with Crippen molar-refractivity contribution >= 4 is 5.97 Å². The molecule has 0 spiro atoms. The van der Waals surface area contributed by atoms with E-state index in [1.54, 1.807) is 0 Å². The van der Waals surface area contributed by atoms with Crippen LogP contribution in [0.4, 0.5) is 0 Å². The third kappa shape index (κ3) is 17.3. The van der Waals surface area contributed by atoms with Crippen molar-refractivity contribution in [1.29, 1.82) is 0 Å². The van der Waals surface area contributed by atoms with Crippen molar-refractivity contribution in [1.82, 2.24) is 0 Å². The minimum atomic E-state index is -0.455. The van der Waals surface area contributed by atoms with Gasteiger partial charge in [-0.3, -0.25) is 0 Å². The lowest BCUT2D eigenvalue weighted by Crippen LogP contribution is -2.04. The van der Waals surface area contributed by atoms with E-state index in [1.807, 2.05) is 0 Å². The van der Waals surface area contributed by atoms with Crippen LogP contribution in [0.25, 0.3) is 0 Å². The van der Waals surface area contributed by atoms with E-state index in [2.05, 4.69) is 11.3 Å². The molecule has 0 aliphatic rings. The molecule has 0 saturated carbocycles. The van der Waals surface area contributed by atoms with Crippen molar-refractivity contribution in [3.05, 3.63) is 12.2 Å². The van der Waals surface area contributed by atoms with Crippen LogP contribution in [0.2, 0.25) is 0 Å². The molecule has 0 fully saturated rings. The lowest BCUT2D eigenvalue weighted by atomic mass is 10.2. The molecule has 3 heteroatoms. The Balaban J connectivity index is -0.0000000320. The van der Waals surface area contributed by atoms with Gasteiger partial charge in [-0.1, -0.05) is 43.7 Å². The van der Waals surface area contributed by atoms with Crippen molar-refractivity contribution in [3.8, 4) is 0 Å². The van der Waals surface area contributed by atoms with Gasteiger partial charge in [-0.15, -0.1) is 0 Å². The number of carbonyl (C=O) groups excluding carboxylic acids is 1. The fourth-order valence-corrected chi connectivity index (χ4v) is 0.381. The van der Waals surface area contributed by atoms with Crippen LogP contribution in [-0.4, -0.2) is 24.8 Å². The van der Waals surface area contributed by atoms with Crippen LogP contribution in [0.1, 0.15) is 43.6 Å². The highest BCUT2D eigenvalue weighted by atomic mass is 16.5. The van der Waals surface area contributed by atoms with Crippen molar-refractivity contribution in [3.63, 3.8) is 0 Å². The SMILES string of the molecule is C.C.C.C.C.C=C(CCO)C(=O)OC. The first-order valence-electron chi connectivity index (χ1n) is 2.59. The molecule has 0 aromatic heterocycles. The Morgan fingerprint density at radius 1 is 1.21 bits per heavy atom. The Hall–Kier alpha value is -0.830. The Kier molecular flexibility index (Phi) is 61.7. The molecule has 3 nitrogen and oxygen atoms in total. The molecule has 1 N–H and O–H groups in total. The second-order valence-electron chi connectivity index (χ2n) is 1.57. The monoisotopic (exact) mass is 210 g/mol. The maximum absolute atomic E-state index is 10.5. The molecule has 0 bridgehead atoms. The van der Waals surface area contributed by atoms with E-state index in [-0.39, 0.29) is 50.2 Å². The molecule has 0 aromatic carbocycles. The molecule has 0 heterocycles. The molecule has 92 valence electrons. The summed E-state index contributed by atoms with van der Waals surface area (Å²) >= 11 is 0. The van der Waals surface area contributed by atoms with E-state index >= 15 is 0 Å². The highest BCUT2D eigenvalue weighted by molar-refractivity contribution is 5.87. The molecular weight excluding hydrogens is 180 g/mol. The second-order valence-corrected chi connectivity index (χ2v) is 1.57. The minimum absolute atomic E-state index is 0. The molecule has 0 saturated heterocycles. The normalized spacial score (nSPS) is 5.57. The van der Waals surface area contributed by atoms with Gasteiger partial charge in [0.25, 0.3) is 0 Å². The van der Waals surface area contributed by atoms with Crippen LogP contribution in [0.5, 0.6) is 0 Å². The average Bonchev–Trinajstić information content (AvgIpc) is 1.87. The number of methoxy groups -OCH3 is 1. The van der Waals surface area contributed by atoms with E-state index in [4.69, 9.17) is 5.11 Å². The number of esters is 1. The lowest BCUT2D eigenvalue weighted by Gasteiger charge is -1.98. The summed E-state index contributed by atoms with van der Waals surface area (Å²) in [6.07, 6.45) is 0.284. The molecule has 0 aliphatic carbocycles. The summed E-state index contributed by atoms with van der Waals surface area (Å²) in [7, 11) is 1.28. The summed E-state index contributed by atoms with van der Waals surface area (Å²) < 4.78 is 4.31. The van der Waals surface area contributed by atoms with E-state index < -0.39 is 5.97 Å². The molecule has 0 aromatic rings. The summed E-state index contributed by atoms with van der Waals surface area (Å²) in [6, 6.07) is 0. The fourth-order valence-electron chi connectivity index (χ4n) is 0.381. The third-order valence-corrected chi connectivity index (χ3v) is 0.888. The summed E-state index contributed by atoms with van der Waals surface area (Å²) in [5, 5.41) is 8.31. The van der Waals surface area contributed by atoms with E-state index in [0.29, 0.717) is 5.57 Å². The van der Waals surface area contributed by atoms with Gasteiger partial charge in [-0.2, -0.15) is 0 Å². The van der Waals surface area contributed by atoms with E-state index in [1.165, 1.54) is 7.11 Å². The zero-order chi connectivity index (χ0) is 7.28. The first-order valence-corrected chi connectivity index (χ1v) is 2.59. The first kappa shape index (κ1) is 37.9. The third-order valence-electron chi connectivity index (χ3n) is 0.888. The van der Waals surface area contributed by atoms with Gasteiger partial charge in [-0.25, -0.2) is 4.79 Å². The van der Waals surface area contributed by atoms with Crippen LogP contribution < -0.4 is 0 Å². The molecule has 0 aliphatic heterocycles. The number of aliphatic hydroxyl groups excluding tert-OH is 1. The molecule has 0 amide bonds. The Morgan fingerprint density at radius 3 is 1.79 bits per heavy atom. The molecule has 0 rings (SSSR count). The first-order chi connectivity index (χ1) is 4.22. The number of aliphatic hydroxyl groups is 1. The Labute approximate surface area is 90.8 Å². The van der Waals surface area contributed by atoms with Crippen LogP contribution in [0, 0.1) is 0 Å². The summed E-state index contributed by atoms with van der Waals surface area (Å²) in [5.74, 6) is -0.455.